The van der Waals surface area contributed by atoms with Crippen molar-refractivity contribution in [3.63, 3.8) is 0 Å². The normalized spacial score (nSPS) is 16.1. The van der Waals surface area contributed by atoms with Gasteiger partial charge in [0.1, 0.15) is 0 Å². The second kappa shape index (κ2) is 8.32. The molecule has 6 heteroatoms. The Kier molecular flexibility index (Phi) is 6.63. The monoisotopic (exact) mass is 366 g/mol. The molecule has 0 atom stereocenters. The number of hydrogen-bond donors (Lipinski definition) is 1. The first-order valence-electron chi connectivity index (χ1n) is 9.08. The van der Waals surface area contributed by atoms with Gasteiger partial charge >= 0.3 is 0 Å². The van der Waals surface area contributed by atoms with Gasteiger partial charge in [0.15, 0.2) is 0 Å². The van der Waals surface area contributed by atoms with Gasteiger partial charge in [0.25, 0.3) is 5.91 Å². The highest BCUT2D eigenvalue weighted by Gasteiger charge is 2.25. The molecule has 1 aromatic rings. The maximum Gasteiger partial charge on any atom is 0.251 e. The third kappa shape index (κ3) is 5.28. The first-order valence-corrected chi connectivity index (χ1v) is 10.7. The van der Waals surface area contributed by atoms with E-state index in [-0.39, 0.29) is 17.7 Å². The minimum Gasteiger partial charge on any atom is -0.349 e. The summed E-state index contributed by atoms with van der Waals surface area (Å²) in [5.41, 5.74) is 1.28. The van der Waals surface area contributed by atoms with Crippen LogP contribution < -0.4 is 5.32 Å². The molecular weight excluding hydrogens is 336 g/mol. The van der Waals surface area contributed by atoms with Crippen LogP contribution in [0.2, 0.25) is 0 Å². The molecule has 0 unspecified atom stereocenters. The number of carbonyl (C=O) groups excluding carboxylic acids is 1. The molecule has 1 saturated heterocycles. The van der Waals surface area contributed by atoms with Crippen molar-refractivity contribution >= 4 is 15.9 Å². The molecule has 0 aromatic heterocycles. The number of rotatable bonds is 7. The second-order valence-electron chi connectivity index (χ2n) is 7.55. The van der Waals surface area contributed by atoms with Crippen LogP contribution >= 0.6 is 0 Å². The topological polar surface area (TPSA) is 66.5 Å². The lowest BCUT2D eigenvalue weighted by Gasteiger charge is -2.26. The molecule has 140 valence electrons. The van der Waals surface area contributed by atoms with Gasteiger partial charge in [-0.05, 0) is 42.4 Å². The van der Waals surface area contributed by atoms with E-state index >= 15 is 0 Å². The molecule has 0 aliphatic carbocycles. The summed E-state index contributed by atoms with van der Waals surface area (Å²) in [6, 6.07) is 7.01. The highest BCUT2D eigenvalue weighted by molar-refractivity contribution is 7.88. The zero-order chi connectivity index (χ0) is 18.6. The van der Waals surface area contributed by atoms with Crippen molar-refractivity contribution in [1.29, 1.82) is 0 Å². The third-order valence-electron chi connectivity index (χ3n) is 4.76. The molecule has 1 aliphatic heterocycles. The zero-order valence-corrected chi connectivity index (χ0v) is 16.5. The SMILES string of the molecule is CC(C)C(NC(=O)c1ccc(CS(=O)(=O)N2CCCC2)cc1)C(C)C. The van der Waals surface area contributed by atoms with Crippen LogP contribution in [0.15, 0.2) is 24.3 Å². The number of amides is 1. The lowest BCUT2D eigenvalue weighted by Crippen LogP contribution is -2.42. The van der Waals surface area contributed by atoms with Crippen molar-refractivity contribution in [3.8, 4) is 0 Å². The number of carbonyl (C=O) groups is 1. The summed E-state index contributed by atoms with van der Waals surface area (Å²) < 4.78 is 26.3. The number of hydrogen-bond acceptors (Lipinski definition) is 3. The molecule has 1 N–H and O–H groups in total. The summed E-state index contributed by atoms with van der Waals surface area (Å²) in [5, 5.41) is 3.08. The van der Waals surface area contributed by atoms with Gasteiger partial charge in [-0.1, -0.05) is 39.8 Å². The van der Waals surface area contributed by atoms with E-state index in [1.165, 1.54) is 0 Å². The van der Waals surface area contributed by atoms with Crippen LogP contribution in [0.3, 0.4) is 0 Å². The minimum absolute atomic E-state index is 0.00445. The fourth-order valence-electron chi connectivity index (χ4n) is 3.36. The van der Waals surface area contributed by atoms with Crippen molar-refractivity contribution < 1.29 is 13.2 Å². The predicted octanol–water partition coefficient (Wildman–Crippen LogP) is 3.02. The molecular formula is C19H30N2O3S. The van der Waals surface area contributed by atoms with Gasteiger partial charge in [0.05, 0.1) is 5.75 Å². The molecule has 25 heavy (non-hydrogen) atoms. The zero-order valence-electron chi connectivity index (χ0n) is 15.7. The van der Waals surface area contributed by atoms with Crippen LogP contribution in [0.1, 0.15) is 56.5 Å². The van der Waals surface area contributed by atoms with Gasteiger partial charge in [-0.25, -0.2) is 12.7 Å². The summed E-state index contributed by atoms with van der Waals surface area (Å²) in [6.07, 6.45) is 1.87. The average molecular weight is 367 g/mol. The molecule has 0 bridgehead atoms. The van der Waals surface area contributed by atoms with Gasteiger partial charge in [-0.2, -0.15) is 0 Å². The summed E-state index contributed by atoms with van der Waals surface area (Å²) >= 11 is 0. The Morgan fingerprint density at radius 1 is 1.04 bits per heavy atom. The number of nitrogens with one attached hydrogen (secondary N) is 1. The van der Waals surface area contributed by atoms with Crippen molar-refractivity contribution in [3.05, 3.63) is 35.4 Å². The molecule has 1 fully saturated rings. The Bertz CT molecular complexity index is 667. The summed E-state index contributed by atoms with van der Waals surface area (Å²) in [4.78, 5) is 12.4. The van der Waals surface area contributed by atoms with E-state index in [0.717, 1.165) is 12.8 Å². The van der Waals surface area contributed by atoms with Crippen LogP contribution in [0, 0.1) is 11.8 Å². The first kappa shape index (κ1) is 19.9. The third-order valence-corrected chi connectivity index (χ3v) is 6.61. The van der Waals surface area contributed by atoms with Gasteiger partial charge < -0.3 is 5.32 Å². The van der Waals surface area contributed by atoms with Crippen LogP contribution in [-0.4, -0.2) is 37.8 Å². The highest BCUT2D eigenvalue weighted by atomic mass is 32.2. The highest BCUT2D eigenvalue weighted by Crippen LogP contribution is 2.18. The number of benzene rings is 1. The van der Waals surface area contributed by atoms with Gasteiger partial charge in [-0.3, -0.25) is 4.79 Å². The molecule has 1 heterocycles. The van der Waals surface area contributed by atoms with Crippen LogP contribution in [0.25, 0.3) is 0 Å². The Morgan fingerprint density at radius 3 is 2.04 bits per heavy atom. The Labute approximate surface area is 151 Å². The van der Waals surface area contributed by atoms with Crippen LogP contribution in [0.5, 0.6) is 0 Å². The smallest absolute Gasteiger partial charge is 0.251 e. The quantitative estimate of drug-likeness (QED) is 0.807. The van der Waals surface area contributed by atoms with Crippen molar-refractivity contribution in [2.24, 2.45) is 11.8 Å². The van der Waals surface area contributed by atoms with Crippen LogP contribution in [0.4, 0.5) is 0 Å². The van der Waals surface area contributed by atoms with Crippen molar-refractivity contribution in [2.45, 2.75) is 52.3 Å². The van der Waals surface area contributed by atoms with E-state index in [4.69, 9.17) is 0 Å². The molecule has 2 rings (SSSR count). The van der Waals surface area contributed by atoms with E-state index in [2.05, 4.69) is 33.0 Å². The fraction of sp³-hybridized carbons (Fsp3) is 0.632. The summed E-state index contributed by atoms with van der Waals surface area (Å²) in [6.45, 7) is 9.62. The molecule has 0 saturated carbocycles. The minimum atomic E-state index is -3.25. The Balaban J connectivity index is 2.02. The largest absolute Gasteiger partial charge is 0.349 e. The molecule has 0 spiro atoms. The molecule has 1 amide bonds. The Hall–Kier alpha value is -1.40. The average Bonchev–Trinajstić information content (AvgIpc) is 3.07. The molecule has 1 aliphatic rings. The van der Waals surface area contributed by atoms with Gasteiger partial charge in [-0.15, -0.1) is 0 Å². The predicted molar refractivity (Wildman–Crippen MR) is 101 cm³/mol. The lowest BCUT2D eigenvalue weighted by atomic mass is 9.93. The van der Waals surface area contributed by atoms with Gasteiger partial charge in [0, 0.05) is 24.7 Å². The van der Waals surface area contributed by atoms with Gasteiger partial charge in [0.2, 0.25) is 10.0 Å². The van der Waals surface area contributed by atoms with Crippen LogP contribution in [-0.2, 0) is 15.8 Å². The van der Waals surface area contributed by atoms with Crippen molar-refractivity contribution in [1.82, 2.24) is 9.62 Å². The molecule has 5 nitrogen and oxygen atoms in total. The standard InChI is InChI=1S/C19H30N2O3S/c1-14(2)18(15(3)4)20-19(22)17-9-7-16(8-10-17)13-25(23,24)21-11-5-6-12-21/h7-10,14-15,18H,5-6,11-13H2,1-4H3,(H,20,22). The second-order valence-corrected chi connectivity index (χ2v) is 9.52. The summed E-state index contributed by atoms with van der Waals surface area (Å²) in [7, 11) is -3.25. The number of sulfonamides is 1. The maximum absolute atomic E-state index is 12.4. The first-order chi connectivity index (χ1) is 11.7. The molecule has 0 radical (unpaired) electrons. The number of nitrogens with zero attached hydrogens (tertiary/aromatic N) is 1. The van der Waals surface area contributed by atoms with E-state index in [1.54, 1.807) is 28.6 Å². The van der Waals surface area contributed by atoms with E-state index in [1.807, 2.05) is 0 Å². The lowest BCUT2D eigenvalue weighted by molar-refractivity contribution is 0.0910. The maximum atomic E-state index is 12.4. The van der Waals surface area contributed by atoms with E-state index in [9.17, 15) is 13.2 Å². The van der Waals surface area contributed by atoms with Crippen molar-refractivity contribution in [2.75, 3.05) is 13.1 Å². The summed E-state index contributed by atoms with van der Waals surface area (Å²) in [5.74, 6) is 0.596. The van der Waals surface area contributed by atoms with E-state index < -0.39 is 10.0 Å². The van der Waals surface area contributed by atoms with E-state index in [0.29, 0.717) is 36.1 Å². The Morgan fingerprint density at radius 2 is 1.56 bits per heavy atom. The molecule has 1 aromatic carbocycles. The fourth-order valence-corrected chi connectivity index (χ4v) is 4.97.